The molecule has 0 aliphatic heterocycles. The Morgan fingerprint density at radius 3 is 2.55 bits per heavy atom. The Morgan fingerprint density at radius 2 is 2.18 bits per heavy atom. The fraction of sp³-hybridized carbons (Fsp3) is 0.250. The number of rotatable bonds is 3. The maximum absolute atomic E-state index is 10.7. The quantitative estimate of drug-likeness (QED) is 0.263. The molecule has 0 saturated heterocycles. The number of nitrogens with zero attached hydrogens (tertiary/aromatic N) is 1. The fourth-order valence-corrected chi connectivity index (χ4v) is 0.322. The van der Waals surface area contributed by atoms with E-state index in [2.05, 4.69) is 17.9 Å². The average molecular weight is 151 g/mol. The Balaban J connectivity index is 3.82. The van der Waals surface area contributed by atoms with Crippen LogP contribution in [0.2, 0.25) is 0 Å². The first-order valence-corrected chi connectivity index (χ1v) is 2.98. The number of esters is 1. The topological polar surface area (TPSA) is 50.1 Å². The van der Waals surface area contributed by atoms with Crippen LogP contribution in [0.4, 0.5) is 0 Å². The van der Waals surface area contributed by atoms with Crippen LogP contribution in [0, 0.1) is 11.3 Å². The molecule has 0 aliphatic rings. The molecule has 0 aliphatic carbocycles. The van der Waals surface area contributed by atoms with E-state index < -0.39 is 5.97 Å². The summed E-state index contributed by atoms with van der Waals surface area (Å²) < 4.78 is 4.60. The van der Waals surface area contributed by atoms with Crippen LogP contribution in [0.25, 0.3) is 0 Å². The molecule has 58 valence electrons. The highest BCUT2D eigenvalue weighted by molar-refractivity contribution is 5.91. The minimum absolute atomic E-state index is 0.138. The lowest BCUT2D eigenvalue weighted by atomic mass is 10.3. The fourth-order valence-electron chi connectivity index (χ4n) is 0.322. The molecule has 3 heteroatoms. The SMILES string of the molecule is C=C(C)COC(=O)C(=C)C#N. The Bertz CT molecular complexity index is 235. The Labute approximate surface area is 65.6 Å². The van der Waals surface area contributed by atoms with Crippen molar-refractivity contribution < 1.29 is 9.53 Å². The van der Waals surface area contributed by atoms with E-state index in [0.29, 0.717) is 0 Å². The van der Waals surface area contributed by atoms with Gasteiger partial charge in [0.25, 0.3) is 0 Å². The molecule has 0 heterocycles. The second-order valence-electron chi connectivity index (χ2n) is 2.12. The van der Waals surface area contributed by atoms with Gasteiger partial charge in [-0.2, -0.15) is 5.26 Å². The van der Waals surface area contributed by atoms with Gasteiger partial charge in [0.2, 0.25) is 0 Å². The van der Waals surface area contributed by atoms with Crippen LogP contribution >= 0.6 is 0 Å². The molecule has 0 aromatic carbocycles. The van der Waals surface area contributed by atoms with Crippen LogP contribution in [-0.2, 0) is 9.53 Å². The number of hydrogen-bond acceptors (Lipinski definition) is 3. The average Bonchev–Trinajstić information content (AvgIpc) is 1.98. The normalized spacial score (nSPS) is 8.00. The first-order chi connectivity index (χ1) is 5.07. The molecule has 0 aromatic heterocycles. The van der Waals surface area contributed by atoms with Gasteiger partial charge in [-0.25, -0.2) is 4.79 Å². The van der Waals surface area contributed by atoms with Gasteiger partial charge in [-0.15, -0.1) is 0 Å². The van der Waals surface area contributed by atoms with Crippen molar-refractivity contribution in [2.75, 3.05) is 6.61 Å². The molecule has 0 radical (unpaired) electrons. The first kappa shape index (κ1) is 9.44. The maximum atomic E-state index is 10.7. The molecule has 0 atom stereocenters. The van der Waals surface area contributed by atoms with Crippen molar-refractivity contribution in [3.8, 4) is 6.07 Å². The van der Waals surface area contributed by atoms with E-state index >= 15 is 0 Å². The van der Waals surface area contributed by atoms with E-state index in [1.807, 2.05) is 0 Å². The maximum Gasteiger partial charge on any atom is 0.348 e. The molecule has 0 fully saturated rings. The zero-order valence-corrected chi connectivity index (χ0v) is 6.39. The number of nitriles is 1. The van der Waals surface area contributed by atoms with Crippen molar-refractivity contribution in [2.45, 2.75) is 6.92 Å². The van der Waals surface area contributed by atoms with E-state index in [-0.39, 0.29) is 12.2 Å². The standard InChI is InChI=1S/C8H9NO2/c1-6(2)5-11-8(10)7(3)4-9/h1,3,5H2,2H3. The molecule has 0 aromatic rings. The number of ether oxygens (including phenoxy) is 1. The largest absolute Gasteiger partial charge is 0.457 e. The summed E-state index contributed by atoms with van der Waals surface area (Å²) in [5, 5.41) is 8.20. The molecule has 11 heavy (non-hydrogen) atoms. The zero-order chi connectivity index (χ0) is 8.85. The van der Waals surface area contributed by atoms with E-state index in [9.17, 15) is 4.79 Å². The Hall–Kier alpha value is -1.56. The summed E-state index contributed by atoms with van der Waals surface area (Å²) in [4.78, 5) is 10.7. The highest BCUT2D eigenvalue weighted by Gasteiger charge is 2.05. The van der Waals surface area contributed by atoms with Gasteiger partial charge in [-0.1, -0.05) is 13.2 Å². The second kappa shape index (κ2) is 4.29. The van der Waals surface area contributed by atoms with Gasteiger partial charge in [0.05, 0.1) is 0 Å². The molecular weight excluding hydrogens is 142 g/mol. The Kier molecular flexibility index (Phi) is 3.68. The lowest BCUT2D eigenvalue weighted by Crippen LogP contribution is -2.07. The number of hydrogen-bond donors (Lipinski definition) is 0. The lowest BCUT2D eigenvalue weighted by molar-refractivity contribution is -0.137. The molecule has 0 unspecified atom stereocenters. The molecule has 3 nitrogen and oxygen atoms in total. The summed E-state index contributed by atoms with van der Waals surface area (Å²) in [6.07, 6.45) is 0. The Morgan fingerprint density at radius 1 is 1.64 bits per heavy atom. The zero-order valence-electron chi connectivity index (χ0n) is 6.39. The van der Waals surface area contributed by atoms with Gasteiger partial charge in [0.1, 0.15) is 18.2 Å². The molecule has 0 spiro atoms. The summed E-state index contributed by atoms with van der Waals surface area (Å²) in [6.45, 7) is 8.57. The highest BCUT2D eigenvalue weighted by Crippen LogP contribution is 1.95. The summed E-state index contributed by atoms with van der Waals surface area (Å²) in [5.41, 5.74) is 0.537. The van der Waals surface area contributed by atoms with Gasteiger partial charge in [-0.3, -0.25) is 0 Å². The van der Waals surface area contributed by atoms with Gasteiger partial charge in [-0.05, 0) is 12.5 Å². The van der Waals surface area contributed by atoms with Crippen LogP contribution in [0.5, 0.6) is 0 Å². The summed E-state index contributed by atoms with van der Waals surface area (Å²) in [5.74, 6) is -0.685. The van der Waals surface area contributed by atoms with E-state index in [1.165, 1.54) is 0 Å². The van der Waals surface area contributed by atoms with Crippen molar-refractivity contribution in [3.63, 3.8) is 0 Å². The van der Waals surface area contributed by atoms with E-state index in [0.717, 1.165) is 5.57 Å². The molecule has 0 bridgehead atoms. The number of carbonyl (C=O) groups excluding carboxylic acids is 1. The van der Waals surface area contributed by atoms with Gasteiger partial charge in [0.15, 0.2) is 0 Å². The van der Waals surface area contributed by atoms with Crippen molar-refractivity contribution in [2.24, 2.45) is 0 Å². The lowest BCUT2D eigenvalue weighted by Gasteiger charge is -2.00. The van der Waals surface area contributed by atoms with Crippen molar-refractivity contribution >= 4 is 5.97 Å². The third kappa shape index (κ3) is 3.93. The van der Waals surface area contributed by atoms with Crippen LogP contribution in [0.1, 0.15) is 6.92 Å². The molecule has 0 rings (SSSR count). The van der Waals surface area contributed by atoms with Crippen LogP contribution in [0.3, 0.4) is 0 Å². The minimum Gasteiger partial charge on any atom is -0.457 e. The molecule has 0 saturated carbocycles. The molecular formula is C8H9NO2. The number of carbonyl (C=O) groups is 1. The third-order valence-corrected chi connectivity index (χ3v) is 0.831. The van der Waals surface area contributed by atoms with Crippen LogP contribution < -0.4 is 0 Å². The van der Waals surface area contributed by atoms with Crippen LogP contribution in [0.15, 0.2) is 24.3 Å². The van der Waals surface area contributed by atoms with Gasteiger partial charge in [0, 0.05) is 0 Å². The van der Waals surface area contributed by atoms with Crippen LogP contribution in [-0.4, -0.2) is 12.6 Å². The predicted octanol–water partition coefficient (Wildman–Crippen LogP) is 1.19. The minimum atomic E-state index is -0.685. The van der Waals surface area contributed by atoms with E-state index in [1.54, 1.807) is 13.0 Å². The van der Waals surface area contributed by atoms with Gasteiger partial charge >= 0.3 is 5.97 Å². The van der Waals surface area contributed by atoms with Crippen molar-refractivity contribution in [3.05, 3.63) is 24.3 Å². The summed E-state index contributed by atoms with van der Waals surface area (Å²) >= 11 is 0. The third-order valence-electron chi connectivity index (χ3n) is 0.831. The smallest absolute Gasteiger partial charge is 0.348 e. The van der Waals surface area contributed by atoms with Crippen molar-refractivity contribution in [1.29, 1.82) is 5.26 Å². The van der Waals surface area contributed by atoms with E-state index in [4.69, 9.17) is 5.26 Å². The van der Waals surface area contributed by atoms with Gasteiger partial charge < -0.3 is 4.74 Å². The first-order valence-electron chi connectivity index (χ1n) is 2.98. The molecule has 0 N–H and O–H groups in total. The second-order valence-corrected chi connectivity index (χ2v) is 2.12. The summed E-state index contributed by atoms with van der Waals surface area (Å²) in [7, 11) is 0. The molecule has 0 amide bonds. The van der Waals surface area contributed by atoms with Crippen molar-refractivity contribution in [1.82, 2.24) is 0 Å². The highest BCUT2D eigenvalue weighted by atomic mass is 16.5. The summed E-state index contributed by atoms with van der Waals surface area (Å²) in [6, 6.07) is 1.59. The monoisotopic (exact) mass is 151 g/mol. The predicted molar refractivity (Wildman–Crippen MR) is 40.5 cm³/mol.